The van der Waals surface area contributed by atoms with E-state index in [2.05, 4.69) is 164 Å². The Hall–Kier alpha value is -5.86. The van der Waals surface area contributed by atoms with Crippen molar-refractivity contribution in [1.29, 1.82) is 0 Å². The third-order valence-corrected chi connectivity index (χ3v) is 10.4. The van der Waals surface area contributed by atoms with Gasteiger partial charge >= 0.3 is 0 Å². The Morgan fingerprint density at radius 3 is 1.96 bits per heavy atom. The van der Waals surface area contributed by atoms with E-state index < -0.39 is 0 Å². The van der Waals surface area contributed by atoms with Crippen LogP contribution in [-0.2, 0) is 5.41 Å². The molecule has 0 fully saturated rings. The summed E-state index contributed by atoms with van der Waals surface area (Å²) in [5, 5.41) is 9.75. The van der Waals surface area contributed by atoms with Gasteiger partial charge in [0.2, 0.25) is 0 Å². The first kappa shape index (κ1) is 26.4. The highest BCUT2D eigenvalue weighted by atomic mass is 16.3. The summed E-state index contributed by atoms with van der Waals surface area (Å²) in [6, 6.07) is 55.4. The summed E-state index contributed by atoms with van der Waals surface area (Å²) < 4.78 is 6.28. The quantitative estimate of drug-likeness (QED) is 0.187. The van der Waals surface area contributed by atoms with Crippen LogP contribution in [0.3, 0.4) is 0 Å². The minimum atomic E-state index is -0.111. The van der Waals surface area contributed by atoms with Crippen LogP contribution >= 0.6 is 0 Å². The van der Waals surface area contributed by atoms with Gasteiger partial charge in [-0.05, 0) is 91.6 Å². The van der Waals surface area contributed by atoms with Gasteiger partial charge in [0.25, 0.3) is 0 Å². The minimum Gasteiger partial charge on any atom is -0.456 e. The molecule has 1 aromatic heterocycles. The molecule has 2 nitrogen and oxygen atoms in total. The molecule has 0 unspecified atom stereocenters. The topological polar surface area (TPSA) is 16.4 Å². The Morgan fingerprint density at radius 1 is 0.426 bits per heavy atom. The SMILES string of the molecule is CC1(C)c2ccccc2-c2ccc(N(c3ccc4oc5ccccc5c4c3)c3cc4c5ccccc5ccc4c4ccccc34)cc21. The van der Waals surface area contributed by atoms with Gasteiger partial charge in [0.15, 0.2) is 0 Å². The first-order valence-electron chi connectivity index (χ1n) is 16.4. The Balaban J connectivity index is 1.30. The van der Waals surface area contributed by atoms with Gasteiger partial charge in [-0.1, -0.05) is 123 Å². The van der Waals surface area contributed by atoms with E-state index in [9.17, 15) is 0 Å². The highest BCUT2D eigenvalue weighted by Gasteiger charge is 2.36. The monoisotopic (exact) mass is 601 g/mol. The lowest BCUT2D eigenvalue weighted by molar-refractivity contribution is 0.660. The predicted octanol–water partition coefficient (Wildman–Crippen LogP) is 12.8. The van der Waals surface area contributed by atoms with Gasteiger partial charge in [-0.15, -0.1) is 0 Å². The number of hydrogen-bond donors (Lipinski definition) is 0. The summed E-state index contributed by atoms with van der Waals surface area (Å²) in [7, 11) is 0. The first-order valence-corrected chi connectivity index (χ1v) is 16.4. The summed E-state index contributed by atoms with van der Waals surface area (Å²) in [5.41, 5.74) is 10.5. The van der Waals surface area contributed by atoms with Gasteiger partial charge in [0.05, 0.1) is 5.69 Å². The molecule has 0 aliphatic heterocycles. The van der Waals surface area contributed by atoms with Crippen molar-refractivity contribution in [2.75, 3.05) is 4.90 Å². The minimum absolute atomic E-state index is 0.111. The van der Waals surface area contributed by atoms with Crippen LogP contribution in [0.25, 0.3) is 65.4 Å². The lowest BCUT2D eigenvalue weighted by atomic mass is 9.82. The van der Waals surface area contributed by atoms with Crippen molar-refractivity contribution in [1.82, 2.24) is 0 Å². The number of rotatable bonds is 3. The number of hydrogen-bond acceptors (Lipinski definition) is 2. The molecule has 0 amide bonds. The Labute approximate surface area is 273 Å². The van der Waals surface area contributed by atoms with Crippen molar-refractivity contribution in [2.24, 2.45) is 0 Å². The molecule has 0 saturated heterocycles. The molecule has 1 aliphatic carbocycles. The molecular weight excluding hydrogens is 571 g/mol. The molecule has 47 heavy (non-hydrogen) atoms. The second-order valence-corrected chi connectivity index (χ2v) is 13.3. The van der Waals surface area contributed by atoms with Gasteiger partial charge in [-0.3, -0.25) is 0 Å². The van der Waals surface area contributed by atoms with E-state index in [0.29, 0.717) is 0 Å². The standard InChI is InChI=1S/C45H31NO/c1-45(2)40-17-9-7-14-34(40)35-23-20-30(26-41(35)45)46(29-21-24-44-39(25-29)37-16-8-10-18-43(37)47-44)42-27-38-31-12-4-3-11-28(31)19-22-33(38)32-13-5-6-15-36(32)42/h3-27H,1-2H3. The molecule has 0 N–H and O–H groups in total. The molecule has 1 heterocycles. The maximum atomic E-state index is 6.28. The second-order valence-electron chi connectivity index (χ2n) is 13.3. The zero-order valence-electron chi connectivity index (χ0n) is 26.3. The fraction of sp³-hybridized carbons (Fsp3) is 0.0667. The summed E-state index contributed by atoms with van der Waals surface area (Å²) in [6.45, 7) is 4.71. The van der Waals surface area contributed by atoms with Crippen molar-refractivity contribution in [3.05, 3.63) is 163 Å². The number of nitrogens with zero attached hydrogens (tertiary/aromatic N) is 1. The Bertz CT molecular complexity index is 2730. The van der Waals surface area contributed by atoms with E-state index in [-0.39, 0.29) is 5.41 Å². The van der Waals surface area contributed by atoms with Crippen LogP contribution in [0.5, 0.6) is 0 Å². The molecule has 0 radical (unpaired) electrons. The van der Waals surface area contributed by atoms with Gasteiger partial charge < -0.3 is 9.32 Å². The number of furan rings is 1. The van der Waals surface area contributed by atoms with Crippen LogP contribution in [0.2, 0.25) is 0 Å². The van der Waals surface area contributed by atoms with Gasteiger partial charge in [0, 0.05) is 32.9 Å². The van der Waals surface area contributed by atoms with Crippen molar-refractivity contribution >= 4 is 71.3 Å². The summed E-state index contributed by atoms with van der Waals surface area (Å²) in [6.07, 6.45) is 0. The number of fused-ring (bicyclic) bond motifs is 11. The zero-order valence-corrected chi connectivity index (χ0v) is 26.3. The van der Waals surface area contributed by atoms with Gasteiger partial charge in [0.1, 0.15) is 11.2 Å². The van der Waals surface area contributed by atoms with E-state index in [1.54, 1.807) is 0 Å². The zero-order chi connectivity index (χ0) is 31.3. The largest absolute Gasteiger partial charge is 0.456 e. The smallest absolute Gasteiger partial charge is 0.135 e. The number of para-hydroxylation sites is 1. The molecule has 0 saturated carbocycles. The lowest BCUT2D eigenvalue weighted by Crippen LogP contribution is -2.16. The van der Waals surface area contributed by atoms with Crippen LogP contribution in [0.15, 0.2) is 156 Å². The molecule has 9 aromatic rings. The van der Waals surface area contributed by atoms with Crippen LogP contribution in [0.4, 0.5) is 17.1 Å². The average molecular weight is 602 g/mol. The van der Waals surface area contributed by atoms with E-state index in [0.717, 1.165) is 39.0 Å². The van der Waals surface area contributed by atoms with Crippen molar-refractivity contribution in [3.63, 3.8) is 0 Å². The highest BCUT2D eigenvalue weighted by molar-refractivity contribution is 6.21. The van der Waals surface area contributed by atoms with Crippen molar-refractivity contribution in [3.8, 4) is 11.1 Å². The lowest BCUT2D eigenvalue weighted by Gasteiger charge is -2.29. The Morgan fingerprint density at radius 2 is 1.06 bits per heavy atom. The molecule has 0 spiro atoms. The summed E-state index contributed by atoms with van der Waals surface area (Å²) >= 11 is 0. The van der Waals surface area contributed by atoms with Crippen LogP contribution < -0.4 is 4.90 Å². The molecular formula is C45H31NO. The molecule has 10 rings (SSSR count). The molecule has 8 aromatic carbocycles. The van der Waals surface area contributed by atoms with Crippen LogP contribution in [0.1, 0.15) is 25.0 Å². The van der Waals surface area contributed by atoms with E-state index in [1.165, 1.54) is 54.6 Å². The molecule has 2 heteroatoms. The molecule has 222 valence electrons. The van der Waals surface area contributed by atoms with Crippen molar-refractivity contribution < 1.29 is 4.42 Å². The third-order valence-electron chi connectivity index (χ3n) is 10.4. The predicted molar refractivity (Wildman–Crippen MR) is 198 cm³/mol. The molecule has 0 bridgehead atoms. The van der Waals surface area contributed by atoms with Gasteiger partial charge in [-0.2, -0.15) is 0 Å². The van der Waals surface area contributed by atoms with Crippen LogP contribution in [0, 0.1) is 0 Å². The number of benzene rings is 8. The van der Waals surface area contributed by atoms with E-state index in [1.807, 2.05) is 6.07 Å². The molecule has 1 aliphatic rings. The summed E-state index contributed by atoms with van der Waals surface area (Å²) in [5.74, 6) is 0. The van der Waals surface area contributed by atoms with E-state index in [4.69, 9.17) is 4.42 Å². The average Bonchev–Trinajstić information content (AvgIpc) is 3.60. The fourth-order valence-corrected chi connectivity index (χ4v) is 8.14. The summed E-state index contributed by atoms with van der Waals surface area (Å²) in [4.78, 5) is 2.46. The van der Waals surface area contributed by atoms with E-state index >= 15 is 0 Å². The highest BCUT2D eigenvalue weighted by Crippen LogP contribution is 2.51. The second kappa shape index (κ2) is 9.57. The number of anilines is 3. The third kappa shape index (κ3) is 3.73. The van der Waals surface area contributed by atoms with Crippen LogP contribution in [-0.4, -0.2) is 0 Å². The maximum absolute atomic E-state index is 6.28. The molecule has 0 atom stereocenters. The first-order chi connectivity index (χ1) is 23.1. The van der Waals surface area contributed by atoms with Crippen molar-refractivity contribution in [2.45, 2.75) is 19.3 Å². The fourth-order valence-electron chi connectivity index (χ4n) is 8.14. The Kier molecular flexibility index (Phi) is 5.37. The normalized spacial score (nSPS) is 13.5. The van der Waals surface area contributed by atoms with Gasteiger partial charge in [-0.25, -0.2) is 0 Å². The maximum Gasteiger partial charge on any atom is 0.135 e.